The highest BCUT2D eigenvalue weighted by atomic mass is 32.1. The molecular weight excluding hydrogens is 312 g/mol. The molecule has 0 spiro atoms. The molecule has 0 bridgehead atoms. The molecule has 124 valence electrons. The van der Waals surface area contributed by atoms with Gasteiger partial charge in [0, 0.05) is 30.6 Å². The number of carbonyl (C=O) groups is 1. The zero-order valence-corrected chi connectivity index (χ0v) is 14.3. The summed E-state index contributed by atoms with van der Waals surface area (Å²) in [6.07, 6.45) is 0.486. The van der Waals surface area contributed by atoms with Crippen LogP contribution in [0.3, 0.4) is 0 Å². The second-order valence-electron chi connectivity index (χ2n) is 5.45. The maximum absolute atomic E-state index is 12.5. The summed E-state index contributed by atoms with van der Waals surface area (Å²) in [5, 5.41) is 20.6. The number of amides is 1. The molecule has 0 atom stereocenters. The minimum Gasteiger partial charge on any atom is -0.396 e. The molecule has 0 radical (unpaired) electrons. The van der Waals surface area contributed by atoms with E-state index in [0.717, 1.165) is 16.1 Å². The lowest BCUT2D eigenvalue weighted by Gasteiger charge is -2.20. The Labute approximate surface area is 140 Å². The third-order valence-corrected chi connectivity index (χ3v) is 4.45. The summed E-state index contributed by atoms with van der Waals surface area (Å²) >= 11 is 1.44. The predicted octanol–water partition coefficient (Wildman–Crippen LogP) is 2.24. The number of aliphatic hydroxyl groups is 2. The molecule has 1 amide bonds. The Bertz CT molecular complexity index is 670. The van der Waals surface area contributed by atoms with Gasteiger partial charge in [-0.2, -0.15) is 0 Å². The highest BCUT2D eigenvalue weighted by molar-refractivity contribution is 7.13. The Morgan fingerprint density at radius 1 is 1.22 bits per heavy atom. The summed E-state index contributed by atoms with van der Waals surface area (Å²) in [5.41, 5.74) is 3.74. The highest BCUT2D eigenvalue weighted by Crippen LogP contribution is 2.27. The normalized spacial score (nSPS) is 10.8. The van der Waals surface area contributed by atoms with Crippen LogP contribution in [0.1, 0.15) is 28.0 Å². The lowest BCUT2D eigenvalue weighted by atomic mass is 10.1. The SMILES string of the molecule is Cc1ccc(-c2nc(C(=O)N(CCO)CCCO)cs2)c(C)c1. The molecule has 2 rings (SSSR count). The number of benzene rings is 1. The van der Waals surface area contributed by atoms with Gasteiger partial charge in [0.2, 0.25) is 0 Å². The lowest BCUT2D eigenvalue weighted by Crippen LogP contribution is -2.35. The van der Waals surface area contributed by atoms with E-state index in [1.165, 1.54) is 21.8 Å². The highest BCUT2D eigenvalue weighted by Gasteiger charge is 2.19. The standard InChI is InChI=1S/C17H22N2O3S/c1-12-4-5-14(13(2)10-12)16-18-15(11-23-16)17(22)19(7-9-21)6-3-8-20/h4-5,10-11,20-21H,3,6-9H2,1-2H3. The molecule has 0 fully saturated rings. The number of aryl methyl sites for hydroxylation is 2. The van der Waals surface area contributed by atoms with E-state index in [2.05, 4.69) is 11.1 Å². The van der Waals surface area contributed by atoms with Crippen LogP contribution in [0.15, 0.2) is 23.6 Å². The molecule has 2 aromatic rings. The Morgan fingerprint density at radius 2 is 2.00 bits per heavy atom. The monoisotopic (exact) mass is 334 g/mol. The van der Waals surface area contributed by atoms with Crippen LogP contribution in [0.4, 0.5) is 0 Å². The summed E-state index contributed by atoms with van der Waals surface area (Å²) in [6.45, 7) is 4.64. The van der Waals surface area contributed by atoms with Crippen LogP contribution in [0, 0.1) is 13.8 Å². The molecule has 1 aromatic heterocycles. The van der Waals surface area contributed by atoms with Gasteiger partial charge in [0.25, 0.3) is 5.91 Å². The summed E-state index contributed by atoms with van der Waals surface area (Å²) in [5.74, 6) is -0.209. The van der Waals surface area contributed by atoms with Gasteiger partial charge in [-0.05, 0) is 25.8 Å². The maximum atomic E-state index is 12.5. The third kappa shape index (κ3) is 4.37. The van der Waals surface area contributed by atoms with Gasteiger partial charge in [-0.25, -0.2) is 4.98 Å². The molecule has 0 aliphatic heterocycles. The molecule has 0 saturated carbocycles. The van der Waals surface area contributed by atoms with Crippen molar-refractivity contribution in [3.05, 3.63) is 40.4 Å². The van der Waals surface area contributed by atoms with Gasteiger partial charge in [-0.1, -0.05) is 23.8 Å². The molecule has 0 aliphatic carbocycles. The molecule has 6 heteroatoms. The van der Waals surface area contributed by atoms with Crippen molar-refractivity contribution >= 4 is 17.2 Å². The quantitative estimate of drug-likeness (QED) is 0.814. The molecule has 0 saturated heterocycles. The smallest absolute Gasteiger partial charge is 0.273 e. The number of carbonyl (C=O) groups excluding carboxylic acids is 1. The van der Waals surface area contributed by atoms with E-state index in [-0.39, 0.29) is 25.7 Å². The van der Waals surface area contributed by atoms with Crippen LogP contribution in [-0.2, 0) is 0 Å². The van der Waals surface area contributed by atoms with Crippen LogP contribution in [0.25, 0.3) is 10.6 Å². The van der Waals surface area contributed by atoms with Gasteiger partial charge < -0.3 is 15.1 Å². The number of hydrogen-bond acceptors (Lipinski definition) is 5. The molecule has 1 heterocycles. The van der Waals surface area contributed by atoms with Crippen molar-refractivity contribution in [2.24, 2.45) is 0 Å². The number of aliphatic hydroxyl groups excluding tert-OH is 2. The molecule has 23 heavy (non-hydrogen) atoms. The molecule has 0 unspecified atom stereocenters. The van der Waals surface area contributed by atoms with E-state index in [1.807, 2.05) is 26.0 Å². The molecule has 1 aromatic carbocycles. The third-order valence-electron chi connectivity index (χ3n) is 3.58. The predicted molar refractivity (Wildman–Crippen MR) is 91.7 cm³/mol. The first-order valence-electron chi connectivity index (χ1n) is 7.61. The van der Waals surface area contributed by atoms with Crippen LogP contribution in [0.5, 0.6) is 0 Å². The van der Waals surface area contributed by atoms with Crippen LogP contribution in [0.2, 0.25) is 0 Å². The minimum absolute atomic E-state index is 0.0140. The summed E-state index contributed by atoms with van der Waals surface area (Å²) in [6, 6.07) is 6.15. The molecule has 5 nitrogen and oxygen atoms in total. The zero-order chi connectivity index (χ0) is 16.8. The van der Waals surface area contributed by atoms with Crippen LogP contribution < -0.4 is 0 Å². The number of rotatable bonds is 7. The van der Waals surface area contributed by atoms with E-state index in [4.69, 9.17) is 10.2 Å². The van der Waals surface area contributed by atoms with Crippen molar-refractivity contribution < 1.29 is 15.0 Å². The maximum Gasteiger partial charge on any atom is 0.273 e. The molecular formula is C17H22N2O3S. The first kappa shape index (κ1) is 17.6. The van der Waals surface area contributed by atoms with Crippen LogP contribution >= 0.6 is 11.3 Å². The van der Waals surface area contributed by atoms with Gasteiger partial charge in [0.05, 0.1) is 6.61 Å². The number of thiazole rings is 1. The van der Waals surface area contributed by atoms with Gasteiger partial charge in [-0.3, -0.25) is 4.79 Å². The first-order valence-corrected chi connectivity index (χ1v) is 8.49. The largest absolute Gasteiger partial charge is 0.396 e. The van der Waals surface area contributed by atoms with E-state index < -0.39 is 0 Å². The number of aromatic nitrogens is 1. The van der Waals surface area contributed by atoms with Crippen molar-refractivity contribution in [2.45, 2.75) is 20.3 Å². The van der Waals surface area contributed by atoms with Crippen molar-refractivity contribution in [2.75, 3.05) is 26.3 Å². The van der Waals surface area contributed by atoms with E-state index in [1.54, 1.807) is 5.38 Å². The van der Waals surface area contributed by atoms with Gasteiger partial charge in [-0.15, -0.1) is 11.3 Å². The van der Waals surface area contributed by atoms with Gasteiger partial charge >= 0.3 is 0 Å². The second kappa shape index (κ2) is 8.19. The zero-order valence-electron chi connectivity index (χ0n) is 13.5. The fourth-order valence-corrected chi connectivity index (χ4v) is 3.29. The van der Waals surface area contributed by atoms with Gasteiger partial charge in [0.15, 0.2) is 0 Å². The minimum atomic E-state index is -0.209. The average Bonchev–Trinajstić information content (AvgIpc) is 3.00. The second-order valence-corrected chi connectivity index (χ2v) is 6.31. The topological polar surface area (TPSA) is 73.7 Å². The Balaban J connectivity index is 2.21. The molecule has 0 aliphatic rings. The fourth-order valence-electron chi connectivity index (χ4n) is 2.41. The summed E-state index contributed by atoms with van der Waals surface area (Å²) in [4.78, 5) is 18.5. The number of hydrogen-bond donors (Lipinski definition) is 2. The average molecular weight is 334 g/mol. The molecule has 2 N–H and O–H groups in total. The van der Waals surface area contributed by atoms with Crippen LogP contribution in [-0.4, -0.2) is 52.3 Å². The summed E-state index contributed by atoms with van der Waals surface area (Å²) < 4.78 is 0. The van der Waals surface area contributed by atoms with E-state index >= 15 is 0 Å². The van der Waals surface area contributed by atoms with Crippen molar-refractivity contribution in [1.29, 1.82) is 0 Å². The lowest BCUT2D eigenvalue weighted by molar-refractivity contribution is 0.0705. The Hall–Kier alpha value is -1.76. The fraction of sp³-hybridized carbons (Fsp3) is 0.412. The van der Waals surface area contributed by atoms with Gasteiger partial charge in [0.1, 0.15) is 10.7 Å². The Kier molecular flexibility index (Phi) is 6.27. The first-order chi connectivity index (χ1) is 11.1. The van der Waals surface area contributed by atoms with Crippen molar-refractivity contribution in [1.82, 2.24) is 9.88 Å². The Morgan fingerprint density at radius 3 is 2.65 bits per heavy atom. The van der Waals surface area contributed by atoms with Crippen molar-refractivity contribution in [3.63, 3.8) is 0 Å². The van der Waals surface area contributed by atoms with E-state index in [9.17, 15) is 4.79 Å². The van der Waals surface area contributed by atoms with Crippen molar-refractivity contribution in [3.8, 4) is 10.6 Å². The van der Waals surface area contributed by atoms with E-state index in [0.29, 0.717) is 18.7 Å². The number of nitrogens with zero attached hydrogens (tertiary/aromatic N) is 2. The summed E-state index contributed by atoms with van der Waals surface area (Å²) in [7, 11) is 0.